The van der Waals surface area contributed by atoms with Crippen molar-refractivity contribution in [2.75, 3.05) is 11.5 Å². The maximum Gasteiger partial charge on any atom is 0.352 e. The summed E-state index contributed by atoms with van der Waals surface area (Å²) in [6.45, 7) is 1.89. The number of β-lactam (4-membered cyclic amide) rings is 1. The Kier molecular flexibility index (Phi) is 7.14. The SMILES string of the molecule is CCn1c(SCC2=C(C(=O)O)N3C(=O)[C@@H](NC(=O)[C@H](O)c4ccccc4)[C@H]3SC2)n[nH]c(=O)c1=O. The standard InChI is InChI=1S/C21H21N5O7S2/c1-2-25-18(31)16(29)23-24-21(25)35-9-11-8-34-19-12(17(30)26(19)13(11)20(32)33)22-15(28)14(27)10-6-4-3-5-7-10/h3-7,12,14,19,27H,2,8-9H2,1H3,(H,22,28)(H,23,29)(H,32,33)/t12-,14-,19-/m1/s1. The molecule has 0 saturated carbocycles. The molecule has 3 atom stereocenters. The summed E-state index contributed by atoms with van der Waals surface area (Å²) >= 11 is 2.35. The Morgan fingerprint density at radius 1 is 1.29 bits per heavy atom. The number of carbonyl (C=O) groups is 3. The molecular formula is C21H21N5O7S2. The van der Waals surface area contributed by atoms with Crippen LogP contribution in [-0.4, -0.2) is 70.6 Å². The van der Waals surface area contributed by atoms with Gasteiger partial charge < -0.3 is 15.5 Å². The molecule has 1 fully saturated rings. The smallest absolute Gasteiger partial charge is 0.352 e. The van der Waals surface area contributed by atoms with E-state index in [1.165, 1.54) is 16.3 Å². The lowest BCUT2D eigenvalue weighted by molar-refractivity contribution is -0.151. The third-order valence-electron chi connectivity index (χ3n) is 5.53. The molecule has 2 amide bonds. The molecular weight excluding hydrogens is 498 g/mol. The van der Waals surface area contributed by atoms with Gasteiger partial charge in [-0.25, -0.2) is 9.89 Å². The number of rotatable bonds is 8. The van der Waals surface area contributed by atoms with Gasteiger partial charge in [-0.1, -0.05) is 42.1 Å². The molecule has 2 aliphatic heterocycles. The summed E-state index contributed by atoms with van der Waals surface area (Å²) in [5.41, 5.74) is -0.986. The molecule has 4 rings (SSSR count). The molecule has 0 bridgehead atoms. The Morgan fingerprint density at radius 3 is 2.66 bits per heavy atom. The molecule has 3 heterocycles. The fourth-order valence-electron chi connectivity index (χ4n) is 3.77. The van der Waals surface area contributed by atoms with Gasteiger partial charge in [-0.15, -0.1) is 16.9 Å². The van der Waals surface area contributed by atoms with Crippen molar-refractivity contribution in [2.24, 2.45) is 0 Å². The molecule has 4 N–H and O–H groups in total. The van der Waals surface area contributed by atoms with Crippen molar-refractivity contribution in [3.8, 4) is 0 Å². The number of carboxylic acids is 1. The second-order valence-corrected chi connectivity index (χ2v) is 9.69. The fourth-order valence-corrected chi connectivity index (χ4v) is 6.27. The Labute approximate surface area is 206 Å². The number of thioether (sulfide) groups is 2. The highest BCUT2D eigenvalue weighted by atomic mass is 32.2. The first-order chi connectivity index (χ1) is 16.7. The predicted molar refractivity (Wildman–Crippen MR) is 127 cm³/mol. The van der Waals surface area contributed by atoms with Crippen molar-refractivity contribution in [1.82, 2.24) is 25.0 Å². The van der Waals surface area contributed by atoms with Gasteiger partial charge in [0.05, 0.1) is 0 Å². The van der Waals surface area contributed by atoms with E-state index in [9.17, 15) is 34.2 Å². The number of nitrogens with zero attached hydrogens (tertiary/aromatic N) is 3. The minimum atomic E-state index is -1.46. The molecule has 1 saturated heterocycles. The summed E-state index contributed by atoms with van der Waals surface area (Å²) in [6, 6.07) is 7.28. The van der Waals surface area contributed by atoms with Gasteiger partial charge in [0.15, 0.2) is 11.3 Å². The van der Waals surface area contributed by atoms with Gasteiger partial charge in [-0.05, 0) is 18.1 Å². The van der Waals surface area contributed by atoms with Crippen molar-refractivity contribution in [2.45, 2.75) is 36.1 Å². The first-order valence-electron chi connectivity index (χ1n) is 10.5. The molecule has 0 spiro atoms. The van der Waals surface area contributed by atoms with Crippen LogP contribution < -0.4 is 16.4 Å². The van der Waals surface area contributed by atoms with E-state index in [1.54, 1.807) is 37.3 Å². The average molecular weight is 520 g/mol. The zero-order valence-corrected chi connectivity index (χ0v) is 20.0. The normalized spacial score (nSPS) is 20.2. The maximum atomic E-state index is 12.8. The lowest BCUT2D eigenvalue weighted by Crippen LogP contribution is -2.70. The molecule has 0 unspecified atom stereocenters. The van der Waals surface area contributed by atoms with Crippen LogP contribution in [0.4, 0.5) is 0 Å². The van der Waals surface area contributed by atoms with E-state index in [0.717, 1.165) is 16.7 Å². The Hall–Kier alpha value is -3.36. The summed E-state index contributed by atoms with van der Waals surface area (Å²) in [4.78, 5) is 62.0. The van der Waals surface area contributed by atoms with E-state index in [0.29, 0.717) is 11.1 Å². The van der Waals surface area contributed by atoms with Crippen molar-refractivity contribution < 1.29 is 24.6 Å². The second-order valence-electron chi connectivity index (χ2n) is 7.64. The number of amides is 2. The van der Waals surface area contributed by atoms with Crippen molar-refractivity contribution in [3.63, 3.8) is 0 Å². The minimum Gasteiger partial charge on any atom is -0.477 e. The van der Waals surface area contributed by atoms with Crippen molar-refractivity contribution >= 4 is 41.3 Å². The average Bonchev–Trinajstić information content (AvgIpc) is 2.87. The van der Waals surface area contributed by atoms with E-state index in [-0.39, 0.29) is 28.9 Å². The van der Waals surface area contributed by atoms with Gasteiger partial charge >= 0.3 is 17.1 Å². The molecule has 1 aromatic heterocycles. The van der Waals surface area contributed by atoms with Gasteiger partial charge in [0, 0.05) is 18.1 Å². The van der Waals surface area contributed by atoms with Gasteiger partial charge in [0.25, 0.3) is 11.8 Å². The molecule has 14 heteroatoms. The van der Waals surface area contributed by atoms with Crippen LogP contribution in [-0.2, 0) is 20.9 Å². The molecule has 2 aliphatic rings. The van der Waals surface area contributed by atoms with Gasteiger partial charge in [0.2, 0.25) is 0 Å². The summed E-state index contributed by atoms with van der Waals surface area (Å²) in [5.74, 6) is -2.26. The number of aromatic nitrogens is 3. The molecule has 0 radical (unpaired) electrons. The topological polar surface area (TPSA) is 175 Å². The largest absolute Gasteiger partial charge is 0.477 e. The van der Waals surface area contributed by atoms with Crippen molar-refractivity contribution in [3.05, 3.63) is 67.9 Å². The van der Waals surface area contributed by atoms with Gasteiger partial charge in [-0.2, -0.15) is 0 Å². The van der Waals surface area contributed by atoms with Gasteiger partial charge in [-0.3, -0.25) is 28.6 Å². The van der Waals surface area contributed by atoms with E-state index in [2.05, 4.69) is 15.5 Å². The van der Waals surface area contributed by atoms with Crippen LogP contribution in [0.25, 0.3) is 0 Å². The number of aromatic amines is 1. The molecule has 2 aromatic rings. The summed E-state index contributed by atoms with van der Waals surface area (Å²) in [6.07, 6.45) is -1.46. The number of aliphatic hydroxyl groups is 1. The number of hydrogen-bond acceptors (Lipinski definition) is 9. The minimum absolute atomic E-state index is 0.118. The van der Waals surface area contributed by atoms with Gasteiger partial charge in [0.1, 0.15) is 17.1 Å². The van der Waals surface area contributed by atoms with E-state index in [1.807, 2.05) is 0 Å². The molecule has 35 heavy (non-hydrogen) atoms. The number of hydrogen-bond donors (Lipinski definition) is 4. The molecule has 184 valence electrons. The van der Waals surface area contributed by atoms with Crippen LogP contribution in [0.5, 0.6) is 0 Å². The number of benzene rings is 1. The van der Waals surface area contributed by atoms with Crippen LogP contribution in [0.3, 0.4) is 0 Å². The highest BCUT2D eigenvalue weighted by molar-refractivity contribution is 8.01. The number of nitrogens with one attached hydrogen (secondary N) is 2. The first kappa shape index (κ1) is 24.8. The number of fused-ring (bicyclic) bond motifs is 1. The Morgan fingerprint density at radius 2 is 2.00 bits per heavy atom. The zero-order chi connectivity index (χ0) is 25.3. The number of carboxylic acid groups (broad SMARTS) is 1. The summed E-state index contributed by atoms with van der Waals surface area (Å²) in [7, 11) is 0. The summed E-state index contributed by atoms with van der Waals surface area (Å²) in [5, 5.41) is 28.2. The highest BCUT2D eigenvalue weighted by Crippen LogP contribution is 2.41. The van der Waals surface area contributed by atoms with E-state index < -0.39 is 46.4 Å². The van der Waals surface area contributed by atoms with Crippen LogP contribution >= 0.6 is 23.5 Å². The Balaban J connectivity index is 1.49. The molecule has 0 aliphatic carbocycles. The fraction of sp³-hybridized carbons (Fsp3) is 0.333. The quantitative estimate of drug-likeness (QED) is 0.202. The summed E-state index contributed by atoms with van der Waals surface area (Å²) < 4.78 is 1.18. The van der Waals surface area contributed by atoms with Crippen LogP contribution in [0, 0.1) is 0 Å². The lowest BCUT2D eigenvalue weighted by atomic mass is 10.0. The van der Waals surface area contributed by atoms with Crippen molar-refractivity contribution in [1.29, 1.82) is 0 Å². The van der Waals surface area contributed by atoms with E-state index >= 15 is 0 Å². The third kappa shape index (κ3) is 4.63. The third-order valence-corrected chi connectivity index (χ3v) is 7.93. The first-order valence-corrected chi connectivity index (χ1v) is 12.5. The molecule has 12 nitrogen and oxygen atoms in total. The van der Waals surface area contributed by atoms with Crippen LogP contribution in [0.2, 0.25) is 0 Å². The number of aliphatic hydroxyl groups excluding tert-OH is 1. The van der Waals surface area contributed by atoms with Crippen LogP contribution in [0.15, 0.2) is 56.3 Å². The highest BCUT2D eigenvalue weighted by Gasteiger charge is 2.54. The second kappa shape index (κ2) is 10.1. The lowest BCUT2D eigenvalue weighted by Gasteiger charge is -2.49. The number of carbonyl (C=O) groups excluding carboxylic acids is 2. The monoisotopic (exact) mass is 519 g/mol. The zero-order valence-electron chi connectivity index (χ0n) is 18.3. The predicted octanol–water partition coefficient (Wildman–Crippen LogP) is -0.484. The Bertz CT molecular complexity index is 1320. The number of aliphatic carboxylic acids is 1. The molecule has 1 aromatic carbocycles. The maximum absolute atomic E-state index is 12.8. The number of H-pyrrole nitrogens is 1. The van der Waals surface area contributed by atoms with Crippen LogP contribution in [0.1, 0.15) is 18.6 Å². The van der Waals surface area contributed by atoms with E-state index in [4.69, 9.17) is 0 Å².